The smallest absolute Gasteiger partial charge is 0.217 e. The predicted octanol–water partition coefficient (Wildman–Crippen LogP) is -0.311. The van der Waals surface area contributed by atoms with E-state index in [4.69, 9.17) is 5.73 Å². The van der Waals surface area contributed by atoms with Crippen LogP contribution in [0.2, 0.25) is 0 Å². The number of rotatable bonds is 5. The first-order valence-corrected chi connectivity index (χ1v) is 7.25. The maximum absolute atomic E-state index is 12.0. The standard InChI is InChI=1S/C10H23N3O2S/c1-9(7-11)16(14,15)13(3)8-10-5-4-6-12(10)2/h9-10H,4-8,11H2,1-3H3. The molecule has 16 heavy (non-hydrogen) atoms. The minimum absolute atomic E-state index is 0.174. The van der Waals surface area contributed by atoms with E-state index in [1.807, 2.05) is 7.05 Å². The Labute approximate surface area is 98.6 Å². The zero-order valence-corrected chi connectivity index (χ0v) is 11.2. The van der Waals surface area contributed by atoms with Gasteiger partial charge in [-0.05, 0) is 33.4 Å². The van der Waals surface area contributed by atoms with Crippen molar-refractivity contribution in [3.8, 4) is 0 Å². The molecular formula is C10H23N3O2S. The summed E-state index contributed by atoms with van der Waals surface area (Å²) in [7, 11) is 0.474. The van der Waals surface area contributed by atoms with Crippen molar-refractivity contribution in [1.82, 2.24) is 9.21 Å². The average molecular weight is 249 g/mol. The maximum Gasteiger partial charge on any atom is 0.217 e. The second kappa shape index (κ2) is 5.44. The van der Waals surface area contributed by atoms with Crippen LogP contribution in [0.15, 0.2) is 0 Å². The van der Waals surface area contributed by atoms with Gasteiger partial charge >= 0.3 is 0 Å². The molecule has 0 bridgehead atoms. The van der Waals surface area contributed by atoms with Crippen molar-refractivity contribution >= 4 is 10.0 Å². The van der Waals surface area contributed by atoms with Crippen LogP contribution in [0, 0.1) is 0 Å². The van der Waals surface area contributed by atoms with E-state index < -0.39 is 15.3 Å². The quantitative estimate of drug-likeness (QED) is 0.726. The van der Waals surface area contributed by atoms with Crippen LogP contribution in [0.1, 0.15) is 19.8 Å². The van der Waals surface area contributed by atoms with Crippen LogP contribution in [-0.4, -0.2) is 62.6 Å². The van der Waals surface area contributed by atoms with Crippen molar-refractivity contribution < 1.29 is 8.42 Å². The van der Waals surface area contributed by atoms with Gasteiger partial charge in [-0.15, -0.1) is 0 Å². The van der Waals surface area contributed by atoms with E-state index in [0.29, 0.717) is 12.6 Å². The van der Waals surface area contributed by atoms with Crippen molar-refractivity contribution in [2.24, 2.45) is 5.73 Å². The Bertz CT molecular complexity index is 318. The summed E-state index contributed by atoms with van der Waals surface area (Å²) in [5.41, 5.74) is 5.42. The lowest BCUT2D eigenvalue weighted by atomic mass is 10.2. The van der Waals surface area contributed by atoms with Gasteiger partial charge < -0.3 is 10.6 Å². The molecule has 1 aliphatic heterocycles. The van der Waals surface area contributed by atoms with Gasteiger partial charge in [0.25, 0.3) is 0 Å². The van der Waals surface area contributed by atoms with Crippen LogP contribution in [0.5, 0.6) is 0 Å². The Morgan fingerprint density at radius 1 is 1.56 bits per heavy atom. The molecule has 0 aromatic heterocycles. The first-order chi connectivity index (χ1) is 7.39. The molecule has 2 unspecified atom stereocenters. The summed E-state index contributed by atoms with van der Waals surface area (Å²) < 4.78 is 25.4. The summed E-state index contributed by atoms with van der Waals surface area (Å²) in [5.74, 6) is 0. The molecule has 0 radical (unpaired) electrons. The van der Waals surface area contributed by atoms with E-state index in [-0.39, 0.29) is 6.54 Å². The van der Waals surface area contributed by atoms with Gasteiger partial charge in [-0.3, -0.25) is 0 Å². The normalized spacial score (nSPS) is 25.2. The van der Waals surface area contributed by atoms with E-state index in [1.165, 1.54) is 4.31 Å². The van der Waals surface area contributed by atoms with Crippen molar-refractivity contribution in [1.29, 1.82) is 0 Å². The highest BCUT2D eigenvalue weighted by molar-refractivity contribution is 7.89. The van der Waals surface area contributed by atoms with Crippen LogP contribution in [0.25, 0.3) is 0 Å². The summed E-state index contributed by atoms with van der Waals surface area (Å²) in [5, 5.41) is -0.496. The van der Waals surface area contributed by atoms with E-state index in [0.717, 1.165) is 19.4 Å². The third kappa shape index (κ3) is 2.94. The Morgan fingerprint density at radius 2 is 2.19 bits per heavy atom. The highest BCUT2D eigenvalue weighted by Gasteiger charge is 2.29. The molecule has 6 heteroatoms. The molecule has 5 nitrogen and oxygen atoms in total. The van der Waals surface area contributed by atoms with Crippen molar-refractivity contribution in [2.45, 2.75) is 31.1 Å². The van der Waals surface area contributed by atoms with Gasteiger partial charge in [-0.2, -0.15) is 0 Å². The molecule has 1 heterocycles. The lowest BCUT2D eigenvalue weighted by molar-refractivity contribution is 0.270. The fourth-order valence-electron chi connectivity index (χ4n) is 2.04. The summed E-state index contributed by atoms with van der Waals surface area (Å²) in [6.07, 6.45) is 2.23. The van der Waals surface area contributed by atoms with Gasteiger partial charge in [0, 0.05) is 26.2 Å². The molecule has 0 amide bonds. The molecule has 0 saturated carbocycles. The fraction of sp³-hybridized carbons (Fsp3) is 1.00. The Morgan fingerprint density at radius 3 is 2.62 bits per heavy atom. The van der Waals surface area contributed by atoms with Gasteiger partial charge in [-0.1, -0.05) is 0 Å². The number of hydrogen-bond acceptors (Lipinski definition) is 4. The van der Waals surface area contributed by atoms with E-state index in [1.54, 1.807) is 14.0 Å². The number of likely N-dealkylation sites (N-methyl/N-ethyl adjacent to an activating group) is 2. The monoisotopic (exact) mass is 249 g/mol. The average Bonchev–Trinajstić information content (AvgIpc) is 2.63. The molecule has 0 spiro atoms. The summed E-state index contributed by atoms with van der Waals surface area (Å²) >= 11 is 0. The first-order valence-electron chi connectivity index (χ1n) is 5.75. The van der Waals surface area contributed by atoms with Gasteiger partial charge in [0.05, 0.1) is 5.25 Å². The Balaban J connectivity index is 2.61. The van der Waals surface area contributed by atoms with Gasteiger partial charge in [0.1, 0.15) is 0 Å². The zero-order chi connectivity index (χ0) is 12.3. The number of nitrogens with zero attached hydrogens (tertiary/aromatic N) is 2. The van der Waals surface area contributed by atoms with Crippen LogP contribution in [-0.2, 0) is 10.0 Å². The molecule has 96 valence electrons. The van der Waals surface area contributed by atoms with Gasteiger partial charge in [0.2, 0.25) is 10.0 Å². The second-order valence-electron chi connectivity index (χ2n) is 4.65. The molecule has 1 saturated heterocycles. The predicted molar refractivity (Wildman–Crippen MR) is 65.7 cm³/mol. The second-order valence-corrected chi connectivity index (χ2v) is 7.11. The molecule has 2 N–H and O–H groups in total. The van der Waals surface area contributed by atoms with Crippen LogP contribution in [0.4, 0.5) is 0 Å². The third-order valence-electron chi connectivity index (χ3n) is 3.41. The molecule has 0 aromatic carbocycles. The van der Waals surface area contributed by atoms with Crippen LogP contribution in [0.3, 0.4) is 0 Å². The lowest BCUT2D eigenvalue weighted by Gasteiger charge is -2.27. The molecule has 1 rings (SSSR count). The topological polar surface area (TPSA) is 66.6 Å². The largest absolute Gasteiger partial charge is 0.329 e. The number of hydrogen-bond donors (Lipinski definition) is 1. The Kier molecular flexibility index (Phi) is 4.73. The summed E-state index contributed by atoms with van der Waals surface area (Å²) in [6.45, 7) is 3.46. The highest BCUT2D eigenvalue weighted by atomic mass is 32.2. The molecular weight excluding hydrogens is 226 g/mol. The minimum atomic E-state index is -3.22. The van der Waals surface area contributed by atoms with Gasteiger partial charge in [0.15, 0.2) is 0 Å². The van der Waals surface area contributed by atoms with E-state index in [2.05, 4.69) is 4.90 Å². The molecule has 1 aliphatic rings. The molecule has 0 aromatic rings. The van der Waals surface area contributed by atoms with Gasteiger partial charge in [-0.25, -0.2) is 12.7 Å². The van der Waals surface area contributed by atoms with Crippen LogP contribution >= 0.6 is 0 Å². The fourth-order valence-corrected chi connectivity index (χ4v) is 3.28. The van der Waals surface area contributed by atoms with Crippen LogP contribution < -0.4 is 5.73 Å². The third-order valence-corrected chi connectivity index (χ3v) is 5.64. The number of likely N-dealkylation sites (tertiary alicyclic amines) is 1. The van der Waals surface area contributed by atoms with E-state index >= 15 is 0 Å². The first kappa shape index (κ1) is 13.9. The maximum atomic E-state index is 12.0. The molecule has 2 atom stereocenters. The number of nitrogens with two attached hydrogens (primary N) is 1. The zero-order valence-electron chi connectivity index (χ0n) is 10.4. The lowest BCUT2D eigenvalue weighted by Crippen LogP contribution is -2.44. The highest BCUT2D eigenvalue weighted by Crippen LogP contribution is 2.17. The van der Waals surface area contributed by atoms with Crippen molar-refractivity contribution in [3.05, 3.63) is 0 Å². The van der Waals surface area contributed by atoms with Crippen molar-refractivity contribution in [2.75, 3.05) is 33.7 Å². The molecule has 0 aliphatic carbocycles. The van der Waals surface area contributed by atoms with E-state index in [9.17, 15) is 8.42 Å². The van der Waals surface area contributed by atoms with Crippen molar-refractivity contribution in [3.63, 3.8) is 0 Å². The minimum Gasteiger partial charge on any atom is -0.329 e. The SMILES string of the molecule is CC(CN)S(=O)(=O)N(C)CC1CCCN1C. The molecule has 1 fully saturated rings. The Hall–Kier alpha value is -0.170. The number of sulfonamides is 1. The summed E-state index contributed by atoms with van der Waals surface area (Å²) in [4.78, 5) is 2.22. The summed E-state index contributed by atoms with van der Waals surface area (Å²) in [6, 6.07) is 0.352.